The lowest BCUT2D eigenvalue weighted by molar-refractivity contribution is 1.14. The van der Waals surface area contributed by atoms with E-state index in [1.165, 1.54) is 43.1 Å². The molecule has 0 amide bonds. The van der Waals surface area contributed by atoms with Gasteiger partial charge < -0.3 is 27.4 Å². The molecule has 0 bridgehead atoms. The summed E-state index contributed by atoms with van der Waals surface area (Å²) in [6, 6.07) is 114. The second kappa shape index (κ2) is 19.7. The van der Waals surface area contributed by atoms with Gasteiger partial charge in [-0.25, -0.2) is 0 Å². The van der Waals surface area contributed by atoms with Crippen molar-refractivity contribution in [3.05, 3.63) is 314 Å². The molecule has 8 nitrogen and oxygen atoms in total. The number of rotatable bonds is 7. The smallest absolute Gasteiger partial charge is 0.101 e. The molecule has 0 saturated heterocycles. The lowest BCUT2D eigenvalue weighted by Gasteiger charge is -2.20. The van der Waals surface area contributed by atoms with E-state index in [1.807, 2.05) is 24.3 Å². The fourth-order valence-electron chi connectivity index (χ4n) is 16.0. The van der Waals surface area contributed by atoms with Crippen LogP contribution in [0.5, 0.6) is 0 Å². The number of hydrogen-bond acceptors (Lipinski definition) is 2. The van der Waals surface area contributed by atoms with Gasteiger partial charge in [-0.3, -0.25) is 0 Å². The van der Waals surface area contributed by atoms with Crippen LogP contribution in [0.2, 0.25) is 0 Å². The van der Waals surface area contributed by atoms with Gasteiger partial charge in [0.25, 0.3) is 0 Å². The summed E-state index contributed by atoms with van der Waals surface area (Å²) >= 11 is 0. The van der Waals surface area contributed by atoms with Crippen LogP contribution in [-0.4, -0.2) is 27.4 Å². The number of nitriles is 2. The quantitative estimate of drug-likeness (QED) is 0.159. The largest absolute Gasteiger partial charge is 0.309 e. The Hall–Kier alpha value is -13.1. The van der Waals surface area contributed by atoms with E-state index in [1.54, 1.807) is 0 Å². The third-order valence-corrected chi connectivity index (χ3v) is 19.9. The van der Waals surface area contributed by atoms with Gasteiger partial charge in [0, 0.05) is 98.5 Å². The highest BCUT2D eigenvalue weighted by Gasteiger charge is 2.26. The number of hydrogen-bond donors (Lipinski definition) is 0. The fraction of sp³-hybridized carbons (Fsp3) is 0. The molecule has 0 atom stereocenters. The molecule has 0 N–H and O–H groups in total. The number of para-hydroxylation sites is 9. The zero-order valence-electron chi connectivity index (χ0n) is 50.4. The van der Waals surface area contributed by atoms with E-state index in [4.69, 9.17) is 0 Å². The second-order valence-electron chi connectivity index (χ2n) is 24.6. The van der Waals surface area contributed by atoms with Crippen molar-refractivity contribution >= 4 is 131 Å². The SMILES string of the molecule is N#Cc1ccc(-n2c3ccc(-n4c5ccccc5c5ccccc54)cc3c3cc(-n4c5ccccc5c5ccccc54)ccc32)c(-c2cccc(C#N)c2-n2c3ccc(-n4c5ccccc5c5ccccc54)cc3c3cc(-n4c5ccccc5c5ccccc54)ccc32)c1. The minimum Gasteiger partial charge on any atom is -0.309 e. The Morgan fingerprint density at radius 3 is 0.787 bits per heavy atom. The molecule has 6 heterocycles. The van der Waals surface area contributed by atoms with Crippen molar-refractivity contribution in [3.63, 3.8) is 0 Å². The van der Waals surface area contributed by atoms with E-state index in [2.05, 4.69) is 319 Å². The Labute approximate surface area is 537 Å². The Bertz CT molecular complexity index is 6220. The standard InChI is InChI=1S/C86H50N8/c87-51-53-36-41-81(93-82-42-37-55(89-73-28-9-1-19-59(73)60-20-2-10-29-74(60)89)47-69(82)70-48-56(38-43-83(70)93)90-75-30-11-3-21-61(75)62-22-4-12-31-76(62)90)68(46-53)67-27-17-18-54(52-88)86(67)94-84-44-39-57(91-77-32-13-5-23-63(77)64-24-6-14-33-78(64)91)49-71(84)72-50-58(40-45-85(72)94)92-79-34-15-7-25-65(79)66-26-8-16-35-80(66)92/h1-50H. The molecule has 20 aromatic rings. The summed E-state index contributed by atoms with van der Waals surface area (Å²) in [5.74, 6) is 0. The summed E-state index contributed by atoms with van der Waals surface area (Å²) < 4.78 is 14.2. The van der Waals surface area contributed by atoms with E-state index in [0.29, 0.717) is 11.1 Å². The van der Waals surface area contributed by atoms with Gasteiger partial charge in [-0.05, 0) is 146 Å². The van der Waals surface area contributed by atoms with Crippen LogP contribution in [0.3, 0.4) is 0 Å². The minimum atomic E-state index is 0.497. The maximum atomic E-state index is 11.7. The summed E-state index contributed by atoms with van der Waals surface area (Å²) in [5, 5.41) is 36.4. The second-order valence-corrected chi connectivity index (χ2v) is 24.6. The van der Waals surface area contributed by atoms with Crippen molar-refractivity contribution in [2.24, 2.45) is 0 Å². The molecule has 0 fully saturated rings. The van der Waals surface area contributed by atoms with Crippen molar-refractivity contribution in [1.82, 2.24) is 27.4 Å². The summed E-state index contributed by atoms with van der Waals surface area (Å²) in [6.07, 6.45) is 0. The van der Waals surface area contributed by atoms with E-state index in [9.17, 15) is 10.5 Å². The van der Waals surface area contributed by atoms with Crippen molar-refractivity contribution in [2.75, 3.05) is 0 Å². The van der Waals surface area contributed by atoms with Gasteiger partial charge >= 0.3 is 0 Å². The molecule has 0 saturated carbocycles. The molecular weight excluding hydrogens is 1150 g/mol. The molecule has 6 aromatic heterocycles. The first-order chi connectivity index (χ1) is 46.6. The number of benzene rings is 14. The summed E-state index contributed by atoms with van der Waals surface area (Å²) in [5.41, 5.74) is 21.2. The molecule has 0 aliphatic carbocycles. The zero-order valence-corrected chi connectivity index (χ0v) is 50.4. The molecule has 14 aromatic carbocycles. The molecule has 0 radical (unpaired) electrons. The molecule has 0 aliphatic heterocycles. The van der Waals surface area contributed by atoms with Crippen LogP contribution in [0.25, 0.3) is 176 Å². The molecule has 94 heavy (non-hydrogen) atoms. The maximum Gasteiger partial charge on any atom is 0.101 e. The van der Waals surface area contributed by atoms with Crippen molar-refractivity contribution in [2.45, 2.75) is 0 Å². The molecule has 20 rings (SSSR count). The van der Waals surface area contributed by atoms with Gasteiger partial charge in [0.15, 0.2) is 0 Å². The first-order valence-electron chi connectivity index (χ1n) is 31.8. The lowest BCUT2D eigenvalue weighted by atomic mass is 9.96. The van der Waals surface area contributed by atoms with Gasteiger partial charge in [0.2, 0.25) is 0 Å². The summed E-state index contributed by atoms with van der Waals surface area (Å²) in [6.45, 7) is 0. The van der Waals surface area contributed by atoms with E-state index in [-0.39, 0.29) is 0 Å². The number of nitrogens with zero attached hydrogens (tertiary/aromatic N) is 8. The van der Waals surface area contributed by atoms with E-state index >= 15 is 0 Å². The molecule has 8 heteroatoms. The van der Waals surface area contributed by atoms with E-state index < -0.39 is 0 Å². The van der Waals surface area contributed by atoms with Gasteiger partial charge in [0.05, 0.1) is 94.8 Å². The number of fused-ring (bicyclic) bond motifs is 18. The third kappa shape index (κ3) is 7.19. The van der Waals surface area contributed by atoms with Gasteiger partial charge in [-0.1, -0.05) is 158 Å². The average Bonchev–Trinajstić information content (AvgIpc) is 1.56. The minimum absolute atomic E-state index is 0.497. The Kier molecular flexibility index (Phi) is 10.8. The Balaban J connectivity index is 0.863. The van der Waals surface area contributed by atoms with Crippen LogP contribution in [0.15, 0.2) is 303 Å². The summed E-state index contributed by atoms with van der Waals surface area (Å²) in [7, 11) is 0. The first kappa shape index (κ1) is 51.7. The Morgan fingerprint density at radius 1 is 0.202 bits per heavy atom. The maximum absolute atomic E-state index is 11.7. The van der Waals surface area contributed by atoms with Crippen LogP contribution in [0.1, 0.15) is 11.1 Å². The molecular formula is C86H50N8. The third-order valence-electron chi connectivity index (χ3n) is 19.9. The predicted octanol–water partition coefficient (Wildman–Crippen LogP) is 21.7. The van der Waals surface area contributed by atoms with E-state index in [0.717, 1.165) is 133 Å². The zero-order chi connectivity index (χ0) is 61.9. The molecule has 434 valence electrons. The van der Waals surface area contributed by atoms with Gasteiger partial charge in [0.1, 0.15) is 6.07 Å². The van der Waals surface area contributed by atoms with Gasteiger partial charge in [-0.15, -0.1) is 0 Å². The monoisotopic (exact) mass is 1190 g/mol. The highest BCUT2D eigenvalue weighted by atomic mass is 15.0. The van der Waals surface area contributed by atoms with Crippen molar-refractivity contribution in [3.8, 4) is 57.4 Å². The van der Waals surface area contributed by atoms with Crippen LogP contribution in [-0.2, 0) is 0 Å². The van der Waals surface area contributed by atoms with Crippen LogP contribution in [0, 0.1) is 22.7 Å². The molecule has 0 spiro atoms. The number of aromatic nitrogens is 6. The molecule has 0 aliphatic rings. The lowest BCUT2D eigenvalue weighted by Crippen LogP contribution is -2.04. The average molecular weight is 1200 g/mol. The predicted molar refractivity (Wildman–Crippen MR) is 387 cm³/mol. The molecule has 0 unspecified atom stereocenters. The van der Waals surface area contributed by atoms with Crippen molar-refractivity contribution < 1.29 is 0 Å². The topological polar surface area (TPSA) is 77.2 Å². The van der Waals surface area contributed by atoms with Crippen LogP contribution >= 0.6 is 0 Å². The highest BCUT2D eigenvalue weighted by molar-refractivity contribution is 6.17. The van der Waals surface area contributed by atoms with Gasteiger partial charge in [-0.2, -0.15) is 10.5 Å². The summed E-state index contributed by atoms with van der Waals surface area (Å²) in [4.78, 5) is 0. The normalized spacial score (nSPS) is 12.0. The van der Waals surface area contributed by atoms with Crippen LogP contribution < -0.4 is 0 Å². The highest BCUT2D eigenvalue weighted by Crippen LogP contribution is 2.46. The van der Waals surface area contributed by atoms with Crippen molar-refractivity contribution in [1.29, 1.82) is 10.5 Å². The van der Waals surface area contributed by atoms with Crippen LogP contribution in [0.4, 0.5) is 0 Å². The first-order valence-corrected chi connectivity index (χ1v) is 31.8. The Morgan fingerprint density at radius 2 is 0.489 bits per heavy atom. The fourth-order valence-corrected chi connectivity index (χ4v) is 16.0.